The minimum absolute atomic E-state index is 0. The molecule has 0 bridgehead atoms. The van der Waals surface area contributed by atoms with Crippen molar-refractivity contribution < 1.29 is 9.90 Å². The first-order valence-corrected chi connectivity index (χ1v) is 3.16. The third-order valence-corrected chi connectivity index (χ3v) is 1.30. The number of aromatic amines is 1. The molecule has 4 N–H and O–H groups in total. The molecule has 12 heavy (non-hydrogen) atoms. The maximum absolute atomic E-state index is 10.3. The van der Waals surface area contributed by atoms with E-state index in [4.69, 9.17) is 10.8 Å². The van der Waals surface area contributed by atoms with Crippen molar-refractivity contribution in [2.45, 2.75) is 12.5 Å². The van der Waals surface area contributed by atoms with Crippen LogP contribution in [0.5, 0.6) is 0 Å². The molecule has 1 unspecified atom stereocenters. The molecule has 6 heteroatoms. The SMILES string of the molecule is NC(Cc1c[nH]cn1)C(=O)O.[SeH2]. The van der Waals surface area contributed by atoms with Gasteiger partial charge in [0.2, 0.25) is 0 Å². The van der Waals surface area contributed by atoms with Gasteiger partial charge in [-0.25, -0.2) is 4.98 Å². The van der Waals surface area contributed by atoms with Crippen LogP contribution < -0.4 is 5.73 Å². The van der Waals surface area contributed by atoms with Crippen molar-refractivity contribution in [1.29, 1.82) is 0 Å². The summed E-state index contributed by atoms with van der Waals surface area (Å²) in [5.41, 5.74) is 5.92. The Kier molecular flexibility index (Phi) is 4.58. The van der Waals surface area contributed by atoms with Gasteiger partial charge in [-0.1, -0.05) is 0 Å². The molecule has 0 amide bonds. The number of nitrogens with zero attached hydrogens (tertiary/aromatic N) is 1. The molecular weight excluding hydrogens is 225 g/mol. The molecule has 0 fully saturated rings. The number of hydrogen-bond acceptors (Lipinski definition) is 3. The van der Waals surface area contributed by atoms with E-state index < -0.39 is 12.0 Å². The van der Waals surface area contributed by atoms with Crippen LogP contribution in [0, 0.1) is 0 Å². The van der Waals surface area contributed by atoms with Crippen LogP contribution >= 0.6 is 0 Å². The fraction of sp³-hybridized carbons (Fsp3) is 0.333. The van der Waals surface area contributed by atoms with Crippen molar-refractivity contribution in [3.8, 4) is 0 Å². The van der Waals surface area contributed by atoms with Crippen LogP contribution in [0.25, 0.3) is 0 Å². The van der Waals surface area contributed by atoms with Gasteiger partial charge < -0.3 is 15.8 Å². The number of carboxylic acid groups (broad SMARTS) is 1. The molecule has 0 aliphatic rings. The first-order valence-electron chi connectivity index (χ1n) is 3.16. The van der Waals surface area contributed by atoms with Gasteiger partial charge in [0.15, 0.2) is 0 Å². The predicted molar refractivity (Wildman–Crippen MR) is 46.4 cm³/mol. The zero-order chi connectivity index (χ0) is 8.27. The van der Waals surface area contributed by atoms with E-state index in [1.807, 2.05) is 0 Å². The van der Waals surface area contributed by atoms with Crippen molar-refractivity contribution in [3.05, 3.63) is 18.2 Å². The summed E-state index contributed by atoms with van der Waals surface area (Å²) in [4.78, 5) is 16.8. The quantitative estimate of drug-likeness (QED) is 0.554. The zero-order valence-electron chi connectivity index (χ0n) is 6.32. The molecule has 0 aromatic carbocycles. The summed E-state index contributed by atoms with van der Waals surface area (Å²) in [6.07, 6.45) is 3.38. The monoisotopic (exact) mass is 237 g/mol. The Bertz CT molecular complexity index is 237. The van der Waals surface area contributed by atoms with E-state index >= 15 is 0 Å². The van der Waals surface area contributed by atoms with Crippen LogP contribution in [-0.4, -0.2) is 44.2 Å². The second kappa shape index (κ2) is 4.92. The zero-order valence-corrected chi connectivity index (χ0v) is 8.42. The normalized spacial score (nSPS) is 11.8. The Morgan fingerprint density at radius 1 is 1.83 bits per heavy atom. The summed E-state index contributed by atoms with van der Waals surface area (Å²) >= 11 is 0. The van der Waals surface area contributed by atoms with Gasteiger partial charge in [0.1, 0.15) is 6.04 Å². The van der Waals surface area contributed by atoms with E-state index in [1.54, 1.807) is 6.20 Å². The molecule has 0 radical (unpaired) electrons. The molecule has 5 nitrogen and oxygen atoms in total. The fourth-order valence-electron chi connectivity index (χ4n) is 0.715. The summed E-state index contributed by atoms with van der Waals surface area (Å²) in [6, 6.07) is -0.863. The van der Waals surface area contributed by atoms with E-state index in [-0.39, 0.29) is 23.5 Å². The average Bonchev–Trinajstić information content (AvgIpc) is 2.39. The van der Waals surface area contributed by atoms with Gasteiger partial charge in [-0.3, -0.25) is 4.79 Å². The first-order chi connectivity index (χ1) is 5.20. The Labute approximate surface area is 79.8 Å². The van der Waals surface area contributed by atoms with Crippen molar-refractivity contribution >= 4 is 23.0 Å². The number of aromatic nitrogens is 2. The molecule has 0 aliphatic carbocycles. The summed E-state index contributed by atoms with van der Waals surface area (Å²) < 4.78 is 0. The number of H-pyrrole nitrogens is 1. The Hall–Kier alpha value is -0.841. The summed E-state index contributed by atoms with van der Waals surface area (Å²) in [6.45, 7) is 0. The Balaban J connectivity index is 0.00000121. The van der Waals surface area contributed by atoms with Gasteiger partial charge >= 0.3 is 23.0 Å². The standard InChI is InChI=1S/C6H9N3O2.H2Se/c7-5(6(10)11)1-4-2-8-3-9-4;/h2-3,5H,1,7H2,(H,8,9)(H,10,11);1H2. The van der Waals surface area contributed by atoms with E-state index in [0.29, 0.717) is 5.69 Å². The number of rotatable bonds is 3. The van der Waals surface area contributed by atoms with Crippen molar-refractivity contribution in [1.82, 2.24) is 9.97 Å². The van der Waals surface area contributed by atoms with Gasteiger partial charge in [-0.05, 0) is 0 Å². The van der Waals surface area contributed by atoms with Crippen LogP contribution in [-0.2, 0) is 11.2 Å². The van der Waals surface area contributed by atoms with E-state index in [2.05, 4.69) is 9.97 Å². The van der Waals surface area contributed by atoms with Crippen LogP contribution in [0.2, 0.25) is 0 Å². The molecule has 0 aliphatic heterocycles. The molecule has 0 spiro atoms. The first kappa shape index (κ1) is 11.2. The van der Waals surface area contributed by atoms with E-state index in [1.165, 1.54) is 6.33 Å². The van der Waals surface area contributed by atoms with Crippen LogP contribution in [0.1, 0.15) is 5.69 Å². The second-order valence-corrected chi connectivity index (χ2v) is 2.21. The van der Waals surface area contributed by atoms with E-state index in [0.717, 1.165) is 0 Å². The summed E-state index contributed by atoms with van der Waals surface area (Å²) in [5.74, 6) is -1.01. The predicted octanol–water partition coefficient (Wildman–Crippen LogP) is -1.55. The van der Waals surface area contributed by atoms with Crippen molar-refractivity contribution in [3.63, 3.8) is 0 Å². The minimum atomic E-state index is -1.01. The summed E-state index contributed by atoms with van der Waals surface area (Å²) in [7, 11) is 0. The molecule has 1 atom stereocenters. The number of aliphatic carboxylic acids is 1. The van der Waals surface area contributed by atoms with Gasteiger partial charge in [-0.2, -0.15) is 0 Å². The van der Waals surface area contributed by atoms with Gasteiger partial charge in [-0.15, -0.1) is 0 Å². The third-order valence-electron chi connectivity index (χ3n) is 1.30. The topological polar surface area (TPSA) is 92.0 Å². The van der Waals surface area contributed by atoms with Gasteiger partial charge in [0.25, 0.3) is 0 Å². The van der Waals surface area contributed by atoms with Gasteiger partial charge in [0.05, 0.1) is 12.0 Å². The number of imidazole rings is 1. The second-order valence-electron chi connectivity index (χ2n) is 2.21. The van der Waals surface area contributed by atoms with E-state index in [9.17, 15) is 4.79 Å². The maximum atomic E-state index is 10.3. The van der Waals surface area contributed by atoms with Crippen molar-refractivity contribution in [2.75, 3.05) is 0 Å². The summed E-state index contributed by atoms with van der Waals surface area (Å²) in [5, 5.41) is 8.42. The molecule has 1 heterocycles. The van der Waals surface area contributed by atoms with Crippen LogP contribution in [0.4, 0.5) is 0 Å². The molecule has 0 saturated carbocycles. The Morgan fingerprint density at radius 2 is 2.50 bits per heavy atom. The number of nitrogens with two attached hydrogens (primary N) is 1. The number of carboxylic acids is 1. The Morgan fingerprint density at radius 3 is 2.92 bits per heavy atom. The molecule has 1 aromatic heterocycles. The number of carbonyl (C=O) groups is 1. The number of hydrogen-bond donors (Lipinski definition) is 3. The fourth-order valence-corrected chi connectivity index (χ4v) is 0.715. The van der Waals surface area contributed by atoms with Gasteiger partial charge in [0, 0.05) is 12.6 Å². The molecule has 1 aromatic rings. The molecular formula is C6H11N3O2Se. The van der Waals surface area contributed by atoms with Crippen molar-refractivity contribution in [2.24, 2.45) is 5.73 Å². The molecule has 0 saturated heterocycles. The van der Waals surface area contributed by atoms with Crippen LogP contribution in [0.3, 0.4) is 0 Å². The van der Waals surface area contributed by atoms with Crippen LogP contribution in [0.15, 0.2) is 12.5 Å². The molecule has 68 valence electrons. The molecule has 1 rings (SSSR count). The number of nitrogens with one attached hydrogen (secondary N) is 1. The average molecular weight is 236 g/mol. The third kappa shape index (κ3) is 3.04.